The smallest absolute Gasteiger partial charge is 0.260 e. The number of carbonyl (C=O) groups is 2. The summed E-state index contributed by atoms with van der Waals surface area (Å²) < 4.78 is 6.28. The topological polar surface area (TPSA) is 62.7 Å². The molecule has 0 N–H and O–H groups in total. The average Bonchev–Trinajstić information content (AvgIpc) is 3.19. The molecule has 31 heavy (non-hydrogen) atoms. The number of Topliss-reactive ketones (excluding diaryl/α,β-unsaturated/α-hetero) is 1. The summed E-state index contributed by atoms with van der Waals surface area (Å²) in [6, 6.07) is 12.5. The molecule has 0 unspecified atom stereocenters. The molecule has 1 amide bonds. The molecule has 0 atom stereocenters. The molecule has 0 fully saturated rings. The Morgan fingerprint density at radius 3 is 2.23 bits per heavy atom. The normalized spacial score (nSPS) is 10.7. The molecule has 166 valence electrons. The van der Waals surface area contributed by atoms with Crippen LogP contribution < -0.4 is 9.64 Å². The predicted octanol–water partition coefficient (Wildman–Crippen LogP) is 4.92. The van der Waals surface area contributed by atoms with Crippen molar-refractivity contribution in [2.75, 3.05) is 38.2 Å². The number of benzene rings is 2. The highest BCUT2D eigenvalue weighted by Gasteiger charge is 2.22. The number of carbonyl (C=O) groups excluding carboxylic acids is 2. The van der Waals surface area contributed by atoms with Crippen LogP contribution in [0.3, 0.4) is 0 Å². The number of ether oxygens (including phenoxy) is 1. The van der Waals surface area contributed by atoms with Gasteiger partial charge in [-0.25, -0.2) is 4.98 Å². The molecule has 1 heterocycles. The number of thiazole rings is 1. The Hall–Kier alpha value is -2.48. The summed E-state index contributed by atoms with van der Waals surface area (Å²) in [5.74, 6) is 0.620. The number of anilines is 1. The number of fused-ring (bicyclic) bond motifs is 1. The maximum Gasteiger partial charge on any atom is 0.260 e. The van der Waals surface area contributed by atoms with Gasteiger partial charge in [0.15, 0.2) is 10.9 Å². The van der Waals surface area contributed by atoms with Crippen LogP contribution in [-0.2, 0) is 0 Å². The lowest BCUT2D eigenvalue weighted by atomic mass is 10.1. The van der Waals surface area contributed by atoms with E-state index in [0.717, 1.165) is 35.6 Å². The molecule has 2 aromatic carbocycles. The minimum atomic E-state index is -0.122. The second-order valence-corrected chi connectivity index (χ2v) is 7.96. The van der Waals surface area contributed by atoms with Gasteiger partial charge in [-0.3, -0.25) is 14.5 Å². The number of hydrogen-bond donors (Lipinski definition) is 0. The molecule has 3 rings (SSSR count). The van der Waals surface area contributed by atoms with Gasteiger partial charge in [0, 0.05) is 24.2 Å². The van der Waals surface area contributed by atoms with Crippen molar-refractivity contribution in [3.63, 3.8) is 0 Å². The Balaban J connectivity index is 0.00000341. The molecule has 1 aromatic heterocycles. The lowest BCUT2D eigenvalue weighted by Gasteiger charge is -2.24. The largest absolute Gasteiger partial charge is 0.497 e. The number of hydrogen-bond acceptors (Lipinski definition) is 6. The fraction of sp³-hybridized carbons (Fsp3) is 0.348. The van der Waals surface area contributed by atoms with E-state index in [1.807, 2.05) is 18.2 Å². The summed E-state index contributed by atoms with van der Waals surface area (Å²) in [7, 11) is 1.63. The van der Waals surface area contributed by atoms with Gasteiger partial charge in [0.05, 0.1) is 17.3 Å². The zero-order valence-electron chi connectivity index (χ0n) is 18.3. The van der Waals surface area contributed by atoms with Crippen LogP contribution in [0.25, 0.3) is 10.2 Å². The highest BCUT2D eigenvalue weighted by molar-refractivity contribution is 7.22. The molecule has 6 nitrogen and oxygen atoms in total. The van der Waals surface area contributed by atoms with Crippen molar-refractivity contribution >= 4 is 50.8 Å². The van der Waals surface area contributed by atoms with E-state index in [1.54, 1.807) is 36.3 Å². The molecule has 0 aliphatic heterocycles. The Labute approximate surface area is 193 Å². The van der Waals surface area contributed by atoms with Gasteiger partial charge in [0.25, 0.3) is 5.91 Å². The fourth-order valence-corrected chi connectivity index (χ4v) is 4.22. The van der Waals surface area contributed by atoms with Crippen molar-refractivity contribution in [2.45, 2.75) is 20.8 Å². The highest BCUT2D eigenvalue weighted by Crippen LogP contribution is 2.32. The number of rotatable bonds is 9. The van der Waals surface area contributed by atoms with Crippen LogP contribution in [-0.4, -0.2) is 54.9 Å². The first kappa shape index (κ1) is 24.8. The first-order chi connectivity index (χ1) is 14.5. The van der Waals surface area contributed by atoms with Crippen LogP contribution in [0.15, 0.2) is 42.5 Å². The number of likely N-dealkylation sites (N-methyl/N-ethyl adjacent to an activating group) is 1. The van der Waals surface area contributed by atoms with Gasteiger partial charge >= 0.3 is 0 Å². The van der Waals surface area contributed by atoms with Gasteiger partial charge in [-0.15, -0.1) is 12.4 Å². The minimum Gasteiger partial charge on any atom is -0.497 e. The Bertz CT molecular complexity index is 1030. The fourth-order valence-electron chi connectivity index (χ4n) is 3.20. The van der Waals surface area contributed by atoms with Crippen LogP contribution in [0.4, 0.5) is 5.13 Å². The van der Waals surface area contributed by atoms with Crippen molar-refractivity contribution in [2.24, 2.45) is 0 Å². The molecule has 0 saturated heterocycles. The minimum absolute atomic E-state index is 0. The summed E-state index contributed by atoms with van der Waals surface area (Å²) in [4.78, 5) is 33.7. The van der Waals surface area contributed by atoms with Gasteiger partial charge in [-0.1, -0.05) is 37.3 Å². The third-order valence-corrected chi connectivity index (χ3v) is 6.17. The van der Waals surface area contributed by atoms with E-state index in [0.29, 0.717) is 22.8 Å². The molecule has 0 bridgehead atoms. The van der Waals surface area contributed by atoms with Gasteiger partial charge in [-0.2, -0.15) is 0 Å². The summed E-state index contributed by atoms with van der Waals surface area (Å²) in [6.07, 6.45) is 0. The third-order valence-electron chi connectivity index (χ3n) is 5.13. The first-order valence-corrected chi connectivity index (χ1v) is 10.9. The predicted molar refractivity (Wildman–Crippen MR) is 129 cm³/mol. The maximum absolute atomic E-state index is 13.4. The Kier molecular flexibility index (Phi) is 8.98. The second kappa shape index (κ2) is 11.2. The van der Waals surface area contributed by atoms with Crippen molar-refractivity contribution in [1.29, 1.82) is 0 Å². The molecule has 0 saturated carbocycles. The van der Waals surface area contributed by atoms with Crippen LogP contribution in [0.1, 0.15) is 41.5 Å². The van der Waals surface area contributed by atoms with Crippen molar-refractivity contribution < 1.29 is 14.3 Å². The van der Waals surface area contributed by atoms with Crippen molar-refractivity contribution in [1.82, 2.24) is 9.88 Å². The molecule has 0 aliphatic rings. The van der Waals surface area contributed by atoms with Gasteiger partial charge in [0.1, 0.15) is 5.75 Å². The molecule has 0 aliphatic carbocycles. The number of amides is 1. The van der Waals surface area contributed by atoms with E-state index in [1.165, 1.54) is 18.3 Å². The van der Waals surface area contributed by atoms with Crippen LogP contribution >= 0.6 is 23.7 Å². The molecule has 3 aromatic rings. The maximum atomic E-state index is 13.4. The van der Waals surface area contributed by atoms with Gasteiger partial charge in [-0.05, 0) is 50.3 Å². The zero-order valence-corrected chi connectivity index (χ0v) is 19.9. The molecular formula is C23H28ClN3O3S. The Morgan fingerprint density at radius 2 is 1.65 bits per heavy atom. The number of aromatic nitrogens is 1. The van der Waals surface area contributed by atoms with E-state index >= 15 is 0 Å². The van der Waals surface area contributed by atoms with E-state index in [9.17, 15) is 9.59 Å². The quantitative estimate of drug-likeness (QED) is 0.423. The summed E-state index contributed by atoms with van der Waals surface area (Å²) >= 11 is 1.47. The van der Waals surface area contributed by atoms with E-state index in [2.05, 4.69) is 18.7 Å². The second-order valence-electron chi connectivity index (χ2n) is 6.95. The van der Waals surface area contributed by atoms with E-state index in [-0.39, 0.29) is 24.1 Å². The summed E-state index contributed by atoms with van der Waals surface area (Å²) in [5, 5.41) is 0.658. The number of methoxy groups -OCH3 is 1. The van der Waals surface area contributed by atoms with Crippen LogP contribution in [0, 0.1) is 0 Å². The zero-order chi connectivity index (χ0) is 21.7. The monoisotopic (exact) mass is 461 g/mol. The standard InChI is InChI=1S/C23H27N3O3S.ClH/c1-5-25(6-2)13-14-26(22(28)18-9-7-17(8-10-18)16(3)27)23-24-20-12-11-19(29-4)15-21(20)30-23;/h7-12,15H,5-6,13-14H2,1-4H3;1H. The van der Waals surface area contributed by atoms with Crippen molar-refractivity contribution in [3.05, 3.63) is 53.6 Å². The van der Waals surface area contributed by atoms with Crippen molar-refractivity contribution in [3.8, 4) is 5.75 Å². The number of ketones is 1. The lowest BCUT2D eigenvalue weighted by Crippen LogP contribution is -2.38. The van der Waals surface area contributed by atoms with E-state index in [4.69, 9.17) is 9.72 Å². The van der Waals surface area contributed by atoms with E-state index < -0.39 is 0 Å². The number of halogens is 1. The van der Waals surface area contributed by atoms with Gasteiger partial charge < -0.3 is 9.64 Å². The summed E-state index contributed by atoms with van der Waals surface area (Å²) in [6.45, 7) is 8.87. The lowest BCUT2D eigenvalue weighted by molar-refractivity contribution is 0.0980. The number of nitrogens with zero attached hydrogens (tertiary/aromatic N) is 3. The highest BCUT2D eigenvalue weighted by atomic mass is 35.5. The SMILES string of the molecule is CCN(CC)CCN(C(=O)c1ccc(C(C)=O)cc1)c1nc2ccc(OC)cc2s1.Cl. The molecular weight excluding hydrogens is 434 g/mol. The molecule has 8 heteroatoms. The molecule has 0 radical (unpaired) electrons. The summed E-state index contributed by atoms with van der Waals surface area (Å²) in [5.41, 5.74) is 1.97. The first-order valence-electron chi connectivity index (χ1n) is 10.1. The molecule has 0 spiro atoms. The van der Waals surface area contributed by atoms with Crippen LogP contribution in [0.5, 0.6) is 5.75 Å². The third kappa shape index (κ3) is 5.81. The average molecular weight is 462 g/mol. The Morgan fingerprint density at radius 1 is 1.00 bits per heavy atom. The van der Waals surface area contributed by atoms with Crippen LogP contribution in [0.2, 0.25) is 0 Å². The van der Waals surface area contributed by atoms with Gasteiger partial charge in [0.2, 0.25) is 0 Å².